The Balaban J connectivity index is 2.45. The highest BCUT2D eigenvalue weighted by molar-refractivity contribution is 4.27. The first-order valence-corrected chi connectivity index (χ1v) is 2.25. The number of nitrogens with one attached hydrogen (secondary N) is 1. The van der Waals surface area contributed by atoms with E-state index in [1.807, 2.05) is 0 Å². The number of aliphatic hydroxyl groups is 1. The molecule has 0 aromatic heterocycles. The first kappa shape index (κ1) is 6.88. The Hall–Kier alpha value is -0.120. The first-order chi connectivity index (χ1) is 3.41. The monoisotopic (exact) mass is 104 g/mol. The third-order valence-electron chi connectivity index (χ3n) is 0.482. The van der Waals surface area contributed by atoms with Crippen LogP contribution in [0.4, 0.5) is 0 Å². The molecule has 0 saturated carbocycles. The molecule has 0 aromatic rings. The second kappa shape index (κ2) is 5.88. The molecule has 0 aliphatic rings. The van der Waals surface area contributed by atoms with Crippen molar-refractivity contribution in [3.8, 4) is 0 Å². The van der Waals surface area contributed by atoms with Crippen LogP contribution in [-0.4, -0.2) is 31.5 Å². The van der Waals surface area contributed by atoms with Crippen LogP contribution in [0.15, 0.2) is 0 Å². The Kier molecular flexibility index (Phi) is 5.78. The largest absolute Gasteiger partial charge is 0.394 e. The van der Waals surface area contributed by atoms with Gasteiger partial charge in [0.05, 0.1) is 19.8 Å². The molecule has 0 bridgehead atoms. The number of hydrogen-bond acceptors (Lipinski definition) is 2. The van der Waals surface area contributed by atoms with Gasteiger partial charge in [-0.2, -0.15) is 0 Å². The smallest absolute Gasteiger partial charge is 0.0698 e. The van der Waals surface area contributed by atoms with Crippen LogP contribution in [-0.2, 0) is 4.74 Å². The summed E-state index contributed by atoms with van der Waals surface area (Å²) in [7, 11) is 0. The first-order valence-electron chi connectivity index (χ1n) is 2.25. The van der Waals surface area contributed by atoms with E-state index in [1.54, 1.807) is 0 Å². The molecule has 0 aliphatic heterocycles. The molecule has 0 saturated heterocycles. The van der Waals surface area contributed by atoms with Gasteiger partial charge in [-0.05, 0) is 0 Å². The van der Waals surface area contributed by atoms with Crippen molar-refractivity contribution >= 4 is 0 Å². The lowest BCUT2D eigenvalue weighted by molar-refractivity contribution is 0.0970. The molecule has 0 fully saturated rings. The minimum atomic E-state index is 0.0556. The third kappa shape index (κ3) is 5.88. The summed E-state index contributed by atoms with van der Waals surface area (Å²) in [6, 6.07) is 0. The van der Waals surface area contributed by atoms with E-state index in [0.29, 0.717) is 13.2 Å². The summed E-state index contributed by atoms with van der Waals surface area (Å²) >= 11 is 0. The highest BCUT2D eigenvalue weighted by atomic mass is 16.5. The van der Waals surface area contributed by atoms with Crippen LogP contribution in [0.25, 0.3) is 0 Å². The minimum Gasteiger partial charge on any atom is -0.394 e. The van der Waals surface area contributed by atoms with Crippen LogP contribution in [0.2, 0.25) is 0 Å². The van der Waals surface area contributed by atoms with Gasteiger partial charge in [0.15, 0.2) is 0 Å². The number of ether oxygens (including phenoxy) is 1. The van der Waals surface area contributed by atoms with E-state index in [-0.39, 0.29) is 13.2 Å². The van der Waals surface area contributed by atoms with Gasteiger partial charge in [-0.1, -0.05) is 0 Å². The van der Waals surface area contributed by atoms with Crippen molar-refractivity contribution in [2.45, 2.75) is 0 Å². The zero-order valence-electron chi connectivity index (χ0n) is 4.18. The molecule has 0 heterocycles. The van der Waals surface area contributed by atoms with Crippen molar-refractivity contribution in [1.29, 1.82) is 0 Å². The van der Waals surface area contributed by atoms with Gasteiger partial charge >= 0.3 is 0 Å². The second-order valence-electron chi connectivity index (χ2n) is 1.09. The van der Waals surface area contributed by atoms with Gasteiger partial charge in [-0.25, -0.2) is 0 Å². The average molecular weight is 104 g/mol. The molecule has 3 nitrogen and oxygen atoms in total. The van der Waals surface area contributed by atoms with Gasteiger partial charge < -0.3 is 9.84 Å². The summed E-state index contributed by atoms with van der Waals surface area (Å²) in [6.07, 6.45) is 0. The molecule has 1 radical (unpaired) electrons. The normalized spacial score (nSPS) is 9.43. The van der Waals surface area contributed by atoms with E-state index < -0.39 is 0 Å². The van der Waals surface area contributed by atoms with E-state index in [0.717, 1.165) is 0 Å². The van der Waals surface area contributed by atoms with Gasteiger partial charge in [0.25, 0.3) is 0 Å². The lowest BCUT2D eigenvalue weighted by atomic mass is 10.7. The molecule has 0 rings (SSSR count). The zero-order chi connectivity index (χ0) is 5.54. The molecule has 3 heteroatoms. The predicted molar refractivity (Wildman–Crippen MR) is 25.9 cm³/mol. The molecule has 0 amide bonds. The molecule has 0 atom stereocenters. The van der Waals surface area contributed by atoms with Crippen LogP contribution in [0, 0.1) is 0 Å². The van der Waals surface area contributed by atoms with Gasteiger partial charge in [0.2, 0.25) is 0 Å². The van der Waals surface area contributed by atoms with Crippen LogP contribution >= 0.6 is 0 Å². The highest BCUT2D eigenvalue weighted by Gasteiger charge is 1.79. The topological polar surface area (TPSA) is 53.3 Å². The molecule has 2 N–H and O–H groups in total. The fraction of sp³-hybridized carbons (Fsp3) is 1.00. The Labute approximate surface area is 43.1 Å². The third-order valence-corrected chi connectivity index (χ3v) is 0.482. The van der Waals surface area contributed by atoms with Crippen molar-refractivity contribution in [1.82, 2.24) is 5.73 Å². The van der Waals surface area contributed by atoms with Crippen molar-refractivity contribution < 1.29 is 9.84 Å². The lowest BCUT2D eigenvalue weighted by Gasteiger charge is -1.94. The minimum absolute atomic E-state index is 0.0556. The molecule has 0 aromatic carbocycles. The van der Waals surface area contributed by atoms with Gasteiger partial charge in [-0.3, -0.25) is 5.73 Å². The fourth-order valence-electron chi connectivity index (χ4n) is 0.239. The SMILES string of the molecule is [NH]CCOCCO. The average Bonchev–Trinajstić information content (AvgIpc) is 1.69. The Bertz CT molecular complexity index is 28.9. The van der Waals surface area contributed by atoms with Crippen molar-refractivity contribution in [2.24, 2.45) is 0 Å². The van der Waals surface area contributed by atoms with Crippen LogP contribution < -0.4 is 5.73 Å². The summed E-state index contributed by atoms with van der Waals surface area (Å²) in [5.41, 5.74) is 6.57. The number of aliphatic hydroxyl groups excluding tert-OH is 1. The summed E-state index contributed by atoms with van der Waals surface area (Å²) in [5, 5.41) is 8.11. The maximum absolute atomic E-state index is 8.11. The fourth-order valence-corrected chi connectivity index (χ4v) is 0.239. The van der Waals surface area contributed by atoms with Gasteiger partial charge in [0, 0.05) is 6.54 Å². The van der Waals surface area contributed by atoms with Gasteiger partial charge in [0.1, 0.15) is 0 Å². The van der Waals surface area contributed by atoms with Crippen LogP contribution in [0.1, 0.15) is 0 Å². The summed E-state index contributed by atoms with van der Waals surface area (Å²) in [5.74, 6) is 0. The van der Waals surface area contributed by atoms with E-state index in [2.05, 4.69) is 0 Å². The van der Waals surface area contributed by atoms with E-state index in [9.17, 15) is 0 Å². The summed E-state index contributed by atoms with van der Waals surface area (Å²) in [4.78, 5) is 0. The van der Waals surface area contributed by atoms with E-state index in [4.69, 9.17) is 15.6 Å². The summed E-state index contributed by atoms with van der Waals surface area (Å²) in [6.45, 7) is 1.12. The predicted octanol–water partition coefficient (Wildman–Crippen LogP) is -0.722. The van der Waals surface area contributed by atoms with Crippen molar-refractivity contribution in [3.63, 3.8) is 0 Å². The van der Waals surface area contributed by atoms with Crippen LogP contribution in [0.3, 0.4) is 0 Å². The molecular formula is C4H10NO2. The maximum Gasteiger partial charge on any atom is 0.0698 e. The Morgan fingerprint density at radius 2 is 2.14 bits per heavy atom. The standard InChI is InChI=1S/C4H10NO2/c5-1-3-7-4-2-6/h5-6H,1-4H2. The quantitative estimate of drug-likeness (QED) is 0.478. The Morgan fingerprint density at radius 1 is 1.43 bits per heavy atom. The molecule has 7 heavy (non-hydrogen) atoms. The number of hydrogen-bond donors (Lipinski definition) is 1. The second-order valence-corrected chi connectivity index (χ2v) is 1.09. The molecule has 0 spiro atoms. The molecule has 0 aliphatic carbocycles. The highest BCUT2D eigenvalue weighted by Crippen LogP contribution is 1.67. The molecule has 0 unspecified atom stereocenters. The van der Waals surface area contributed by atoms with Crippen molar-refractivity contribution in [2.75, 3.05) is 26.4 Å². The van der Waals surface area contributed by atoms with Crippen LogP contribution in [0.5, 0.6) is 0 Å². The number of rotatable bonds is 4. The molecular weight excluding hydrogens is 94.0 g/mol. The van der Waals surface area contributed by atoms with E-state index >= 15 is 0 Å². The lowest BCUT2D eigenvalue weighted by Crippen LogP contribution is -2.04. The van der Waals surface area contributed by atoms with Gasteiger partial charge in [-0.15, -0.1) is 0 Å². The Morgan fingerprint density at radius 3 is 2.57 bits per heavy atom. The maximum atomic E-state index is 8.11. The summed E-state index contributed by atoms with van der Waals surface area (Å²) < 4.78 is 4.69. The zero-order valence-corrected chi connectivity index (χ0v) is 4.18. The van der Waals surface area contributed by atoms with E-state index in [1.165, 1.54) is 0 Å². The molecule has 43 valence electrons. The van der Waals surface area contributed by atoms with Crippen molar-refractivity contribution in [3.05, 3.63) is 0 Å².